The Balaban J connectivity index is 1.65. The molecular weight excluding hydrogens is 386 g/mol. The van der Waals surface area contributed by atoms with Gasteiger partial charge in [0.25, 0.3) is 0 Å². The molecule has 0 atom stereocenters. The molecule has 0 spiro atoms. The van der Waals surface area contributed by atoms with E-state index in [0.717, 1.165) is 35.6 Å². The monoisotopic (exact) mass is 419 g/mol. The van der Waals surface area contributed by atoms with Crippen molar-refractivity contribution >= 4 is 16.9 Å². The number of hydrogen-bond acceptors (Lipinski definition) is 3. The van der Waals surface area contributed by atoms with Crippen LogP contribution in [0.15, 0.2) is 54.6 Å². The smallest absolute Gasteiger partial charge is 0.243 e. The first-order chi connectivity index (χ1) is 15.0. The number of aromatic nitrogens is 2. The van der Waals surface area contributed by atoms with Crippen LogP contribution in [0.1, 0.15) is 50.1 Å². The highest BCUT2D eigenvalue weighted by Gasteiger charge is 2.12. The molecule has 3 aromatic rings. The number of carbonyl (C=O) groups is 1. The number of para-hydroxylation sites is 2. The van der Waals surface area contributed by atoms with Gasteiger partial charge in [0.1, 0.15) is 11.6 Å². The van der Waals surface area contributed by atoms with E-state index in [1.807, 2.05) is 25.1 Å². The lowest BCUT2D eigenvalue weighted by Crippen LogP contribution is -2.24. The second-order valence-electron chi connectivity index (χ2n) is 8.11. The maximum atomic E-state index is 11.7. The van der Waals surface area contributed by atoms with E-state index in [1.54, 1.807) is 6.08 Å². The number of allylic oxidation sites excluding steroid dienone is 1. The molecule has 5 nitrogen and oxygen atoms in total. The Morgan fingerprint density at radius 2 is 2.03 bits per heavy atom. The Labute approximate surface area is 185 Å². The number of amides is 1. The molecular formula is C26H33N3O2. The van der Waals surface area contributed by atoms with Gasteiger partial charge >= 0.3 is 0 Å². The second-order valence-corrected chi connectivity index (χ2v) is 8.11. The van der Waals surface area contributed by atoms with Crippen molar-refractivity contribution in [2.45, 2.75) is 53.0 Å². The molecule has 1 heterocycles. The summed E-state index contributed by atoms with van der Waals surface area (Å²) in [6.45, 7) is 10.3. The fraction of sp³-hybridized carbons (Fsp3) is 0.385. The largest absolute Gasteiger partial charge is 0.493 e. The molecule has 0 bridgehead atoms. The van der Waals surface area contributed by atoms with Crippen LogP contribution in [0.2, 0.25) is 0 Å². The summed E-state index contributed by atoms with van der Waals surface area (Å²) in [4.78, 5) is 16.5. The standard InChI is InChI=1S/C26H33N3O2/c1-5-9-26(30)27-15-14-25-28-22-10-6-7-11-23(22)29(25)16-8-17-31-24-18-20(4)12-13-21(24)19(2)3/h5-7,9-13,18-19H,8,14-17H2,1-4H3,(H,27,30)/b9-5+. The Hall–Kier alpha value is -3.08. The summed E-state index contributed by atoms with van der Waals surface area (Å²) in [5.74, 6) is 2.33. The van der Waals surface area contributed by atoms with Crippen molar-refractivity contribution in [3.63, 3.8) is 0 Å². The molecule has 2 aromatic carbocycles. The highest BCUT2D eigenvalue weighted by Crippen LogP contribution is 2.27. The van der Waals surface area contributed by atoms with Gasteiger partial charge in [0, 0.05) is 19.5 Å². The minimum atomic E-state index is -0.0716. The van der Waals surface area contributed by atoms with Gasteiger partial charge < -0.3 is 14.6 Å². The normalized spacial score (nSPS) is 11.5. The average molecular weight is 420 g/mol. The summed E-state index contributed by atoms with van der Waals surface area (Å²) in [5.41, 5.74) is 4.56. The van der Waals surface area contributed by atoms with Gasteiger partial charge in [-0.2, -0.15) is 0 Å². The SMILES string of the molecule is C/C=C/C(=O)NCCc1nc2ccccc2n1CCCOc1cc(C)ccc1C(C)C. The van der Waals surface area contributed by atoms with Crippen LogP contribution in [-0.4, -0.2) is 28.6 Å². The van der Waals surface area contributed by atoms with Crippen molar-refractivity contribution in [1.82, 2.24) is 14.9 Å². The third kappa shape index (κ3) is 5.97. The predicted molar refractivity (Wildman–Crippen MR) is 127 cm³/mol. The number of nitrogens with one attached hydrogen (secondary N) is 1. The van der Waals surface area contributed by atoms with Crippen LogP contribution >= 0.6 is 0 Å². The average Bonchev–Trinajstić information content (AvgIpc) is 3.08. The minimum absolute atomic E-state index is 0.0716. The zero-order chi connectivity index (χ0) is 22.2. The van der Waals surface area contributed by atoms with Gasteiger partial charge in [-0.05, 0) is 61.6 Å². The van der Waals surface area contributed by atoms with Crippen LogP contribution in [0, 0.1) is 6.92 Å². The van der Waals surface area contributed by atoms with E-state index in [1.165, 1.54) is 17.2 Å². The van der Waals surface area contributed by atoms with Crippen LogP contribution in [0.4, 0.5) is 0 Å². The van der Waals surface area contributed by atoms with Gasteiger partial charge in [-0.15, -0.1) is 0 Å². The van der Waals surface area contributed by atoms with Crippen LogP contribution in [-0.2, 0) is 17.8 Å². The number of rotatable bonds is 10. The molecule has 1 aromatic heterocycles. The lowest BCUT2D eigenvalue weighted by atomic mass is 10.0. The van der Waals surface area contributed by atoms with Gasteiger partial charge in [-0.1, -0.05) is 44.2 Å². The zero-order valence-corrected chi connectivity index (χ0v) is 19.0. The number of hydrogen-bond donors (Lipinski definition) is 1. The molecule has 1 N–H and O–H groups in total. The first kappa shape index (κ1) is 22.6. The number of carbonyl (C=O) groups excluding carboxylic acids is 1. The van der Waals surface area contributed by atoms with E-state index in [-0.39, 0.29) is 5.91 Å². The van der Waals surface area contributed by atoms with Crippen LogP contribution in [0.5, 0.6) is 5.75 Å². The summed E-state index contributed by atoms with van der Waals surface area (Å²) in [6, 6.07) is 14.6. The molecule has 5 heteroatoms. The molecule has 0 aliphatic heterocycles. The summed E-state index contributed by atoms with van der Waals surface area (Å²) < 4.78 is 8.42. The van der Waals surface area contributed by atoms with Crippen LogP contribution in [0.25, 0.3) is 11.0 Å². The number of benzene rings is 2. The van der Waals surface area contributed by atoms with Crippen molar-refractivity contribution in [1.29, 1.82) is 0 Å². The van der Waals surface area contributed by atoms with E-state index >= 15 is 0 Å². The lowest BCUT2D eigenvalue weighted by molar-refractivity contribution is -0.116. The van der Waals surface area contributed by atoms with E-state index < -0.39 is 0 Å². The quantitative estimate of drug-likeness (QED) is 0.364. The fourth-order valence-electron chi connectivity index (χ4n) is 3.72. The Kier molecular flexibility index (Phi) is 7.88. The van der Waals surface area contributed by atoms with Crippen molar-refractivity contribution in [3.8, 4) is 5.75 Å². The van der Waals surface area contributed by atoms with Gasteiger partial charge in [0.15, 0.2) is 0 Å². The van der Waals surface area contributed by atoms with Gasteiger partial charge in [0.2, 0.25) is 5.91 Å². The molecule has 3 rings (SSSR count). The minimum Gasteiger partial charge on any atom is -0.493 e. The molecule has 164 valence electrons. The van der Waals surface area contributed by atoms with E-state index in [4.69, 9.17) is 9.72 Å². The highest BCUT2D eigenvalue weighted by atomic mass is 16.5. The third-order valence-electron chi connectivity index (χ3n) is 5.27. The zero-order valence-electron chi connectivity index (χ0n) is 19.0. The topological polar surface area (TPSA) is 56.2 Å². The number of aryl methyl sites for hydroxylation is 2. The first-order valence-electron chi connectivity index (χ1n) is 11.1. The third-order valence-corrected chi connectivity index (χ3v) is 5.27. The Bertz CT molecular complexity index is 1050. The Morgan fingerprint density at radius 1 is 1.23 bits per heavy atom. The molecule has 0 unspecified atom stereocenters. The summed E-state index contributed by atoms with van der Waals surface area (Å²) in [5, 5.41) is 2.91. The van der Waals surface area contributed by atoms with Crippen molar-refractivity contribution in [2.24, 2.45) is 0 Å². The summed E-state index contributed by atoms with van der Waals surface area (Å²) >= 11 is 0. The van der Waals surface area contributed by atoms with E-state index in [2.05, 4.69) is 54.9 Å². The second kappa shape index (κ2) is 10.8. The number of ether oxygens (including phenoxy) is 1. The number of nitrogens with zero attached hydrogens (tertiary/aromatic N) is 2. The maximum absolute atomic E-state index is 11.7. The van der Waals surface area contributed by atoms with Gasteiger partial charge in [-0.3, -0.25) is 4.79 Å². The molecule has 0 saturated heterocycles. The molecule has 0 aliphatic rings. The molecule has 0 aliphatic carbocycles. The summed E-state index contributed by atoms with van der Waals surface area (Å²) in [6.07, 6.45) is 4.85. The molecule has 0 radical (unpaired) electrons. The fourth-order valence-corrected chi connectivity index (χ4v) is 3.72. The van der Waals surface area contributed by atoms with Crippen molar-refractivity contribution < 1.29 is 9.53 Å². The van der Waals surface area contributed by atoms with Crippen molar-refractivity contribution in [3.05, 3.63) is 71.6 Å². The number of fused-ring (bicyclic) bond motifs is 1. The lowest BCUT2D eigenvalue weighted by Gasteiger charge is -2.15. The van der Waals surface area contributed by atoms with Crippen LogP contribution in [0.3, 0.4) is 0 Å². The van der Waals surface area contributed by atoms with Gasteiger partial charge in [0.05, 0.1) is 17.6 Å². The Morgan fingerprint density at radius 3 is 2.81 bits per heavy atom. The molecule has 0 fully saturated rings. The summed E-state index contributed by atoms with van der Waals surface area (Å²) in [7, 11) is 0. The number of imidazole rings is 1. The molecule has 31 heavy (non-hydrogen) atoms. The maximum Gasteiger partial charge on any atom is 0.243 e. The predicted octanol–water partition coefficient (Wildman–Crippen LogP) is 5.17. The van der Waals surface area contributed by atoms with Crippen LogP contribution < -0.4 is 10.1 Å². The first-order valence-corrected chi connectivity index (χ1v) is 11.1. The van der Waals surface area contributed by atoms with E-state index in [0.29, 0.717) is 25.5 Å². The molecule has 0 saturated carbocycles. The van der Waals surface area contributed by atoms with Crippen molar-refractivity contribution in [2.75, 3.05) is 13.2 Å². The van der Waals surface area contributed by atoms with Gasteiger partial charge in [-0.25, -0.2) is 4.98 Å². The highest BCUT2D eigenvalue weighted by molar-refractivity contribution is 5.87. The van der Waals surface area contributed by atoms with E-state index in [9.17, 15) is 4.79 Å². The molecule has 1 amide bonds.